The molecule has 7 nitrogen and oxygen atoms in total. The largest absolute Gasteiger partial charge is 0.379 e. The third-order valence-electron chi connectivity index (χ3n) is 20.8. The van der Waals surface area contributed by atoms with Gasteiger partial charge in [-0.05, 0) is 312 Å². The van der Waals surface area contributed by atoms with Gasteiger partial charge in [-0.2, -0.15) is 0 Å². The number of Topliss-reactive ketones (excluding diaryl/α,β-unsaturated/α-hetero) is 2. The summed E-state index contributed by atoms with van der Waals surface area (Å²) in [5.74, 6) is 0.298. The molecule has 0 saturated heterocycles. The topological polar surface area (TPSA) is 80.3 Å². The van der Waals surface area contributed by atoms with Crippen molar-refractivity contribution in [3.05, 3.63) is 279 Å². The SMILES string of the molecule is C.CC/C=C\C/C=C\C/C=C\C/C=C\C/C=C\C/C=C\CCCOC(CC)(CC)C(C)=O.CC/C=C\C/C=C\C/C=C\C/C=C\C/C=C\CCCCOC(C)(C)C.CC/C=C\C/C=C\C/C=C\C/C=C\C/C=C\CCCCOC(CC)(CC)C(C)=O.CC/C=C\C/C=C\C/C=C\C/C=C\CCOC(C)CC.CC/C=C\C/C=C\C/C=C\CCCCCCCCOC(C)CC. The van der Waals surface area contributed by atoms with Crippen LogP contribution in [0.5, 0.6) is 0 Å². The Balaban J connectivity index is -0.000000369. The summed E-state index contributed by atoms with van der Waals surface area (Å²) in [5.41, 5.74) is -1.13. The molecule has 0 spiro atoms. The molecule has 736 valence electrons. The highest BCUT2D eigenvalue weighted by atomic mass is 16.5. The molecule has 0 amide bonds. The van der Waals surface area contributed by atoms with Crippen molar-refractivity contribution < 1.29 is 33.3 Å². The molecule has 0 saturated carbocycles. The van der Waals surface area contributed by atoms with Gasteiger partial charge in [-0.25, -0.2) is 0 Å². The number of carbonyl (C=O) groups excluding carboxylic acids is 2. The van der Waals surface area contributed by atoms with Gasteiger partial charge in [0.25, 0.3) is 0 Å². The molecule has 0 rings (SSSR count). The van der Waals surface area contributed by atoms with Crippen LogP contribution >= 0.6 is 0 Å². The maximum Gasteiger partial charge on any atom is 0.161 e. The molecule has 0 aliphatic rings. The number of hydrogen-bond donors (Lipinski definition) is 0. The highest BCUT2D eigenvalue weighted by Crippen LogP contribution is 2.24. The fourth-order valence-electron chi connectivity index (χ4n) is 12.2. The molecule has 129 heavy (non-hydrogen) atoms. The Kier molecular flexibility index (Phi) is 117. The Bertz CT molecular complexity index is 3080. The molecule has 0 bridgehead atoms. The lowest BCUT2D eigenvalue weighted by molar-refractivity contribution is -0.144. The van der Waals surface area contributed by atoms with Crippen LogP contribution in [0.25, 0.3) is 0 Å². The summed E-state index contributed by atoms with van der Waals surface area (Å²) < 4.78 is 28.8. The number of allylic oxidation sites excluding steroid dienone is 45. The van der Waals surface area contributed by atoms with E-state index in [2.05, 4.69) is 363 Å². The summed E-state index contributed by atoms with van der Waals surface area (Å²) in [6.07, 6.45) is 152. The van der Waals surface area contributed by atoms with Gasteiger partial charge in [-0.3, -0.25) is 9.59 Å². The maximum absolute atomic E-state index is 11.8. The molecule has 0 aromatic rings. The second-order valence-electron chi connectivity index (χ2n) is 33.3. The van der Waals surface area contributed by atoms with E-state index in [1.54, 1.807) is 13.8 Å². The van der Waals surface area contributed by atoms with E-state index in [9.17, 15) is 9.59 Å². The number of ketones is 2. The molecule has 0 aliphatic heterocycles. The van der Waals surface area contributed by atoms with Crippen LogP contribution in [0.4, 0.5) is 0 Å². The number of carbonyl (C=O) groups is 2. The summed E-state index contributed by atoms with van der Waals surface area (Å²) in [4.78, 5) is 23.6. The van der Waals surface area contributed by atoms with E-state index in [1.165, 1.54) is 51.4 Å². The van der Waals surface area contributed by atoms with E-state index < -0.39 is 11.2 Å². The van der Waals surface area contributed by atoms with Crippen LogP contribution in [0.3, 0.4) is 0 Å². The molecule has 0 heterocycles. The van der Waals surface area contributed by atoms with Crippen LogP contribution in [0.2, 0.25) is 0 Å². The molecular weight excluding hydrogens is 1580 g/mol. The zero-order chi connectivity index (χ0) is 95.2. The quantitative estimate of drug-likeness (QED) is 0.0443. The Morgan fingerprint density at radius 2 is 0.395 bits per heavy atom. The van der Waals surface area contributed by atoms with Crippen molar-refractivity contribution in [2.24, 2.45) is 0 Å². The second-order valence-corrected chi connectivity index (χ2v) is 33.3. The van der Waals surface area contributed by atoms with Gasteiger partial charge in [-0.15, -0.1) is 0 Å². The van der Waals surface area contributed by atoms with Crippen molar-refractivity contribution in [3.63, 3.8) is 0 Å². The molecule has 7 heteroatoms. The summed E-state index contributed by atoms with van der Waals surface area (Å²) in [7, 11) is 0. The summed E-state index contributed by atoms with van der Waals surface area (Å²) >= 11 is 0. The van der Waals surface area contributed by atoms with Gasteiger partial charge in [0, 0.05) is 26.4 Å². The summed E-state index contributed by atoms with van der Waals surface area (Å²) in [5, 5.41) is 0. The minimum absolute atomic E-state index is 0. The van der Waals surface area contributed by atoms with E-state index in [0.717, 1.165) is 257 Å². The number of hydrogen-bond acceptors (Lipinski definition) is 7. The average molecular weight is 1780 g/mol. The van der Waals surface area contributed by atoms with E-state index in [-0.39, 0.29) is 24.6 Å². The number of rotatable bonds is 79. The predicted octanol–water partition coefficient (Wildman–Crippen LogP) is 38.4. The second kappa shape index (κ2) is 113. The maximum atomic E-state index is 11.8. The molecule has 0 aliphatic carbocycles. The minimum atomic E-state index is -0.571. The molecule has 2 unspecified atom stereocenters. The standard InChI is InChI=1S/C29H46O2.C27H44O2.C24H40O.C22H40O.C19H32O.CH4/c1-5-8-9-10-11-12-13-14-15-16-17-18-19-20-21-22-23-24-25-26-27-31-29(6-2,7-3)28(4)30;1-5-8-9-10-11-12-13-14-15-16-17-18-19-20-21-22-23-24-25-29-27(6-2,7-3)26(4)28;1-5-6-7-8-9-10-11-12-13-14-15-16-17-18-19-20-21-22-23-25-24(2,3)4;1-4-6-7-8-9-10-11-12-13-14-15-16-17-18-19-20-21-23-22(3)5-2;1-4-6-7-8-9-10-11-12-13-14-15-16-17-18-20-19(3)5-2;/h8-9,11-12,14-15,17-18,20-21,23-24H,5-7,10,13,16,19,22,25-27H2,1-4H3;8-9,11-12,14-15,17-18,20-21H,5-7,10,13,16,19,22-25H2,1-4H3;6-7,9-10,12-13,15-16,18-19H,5,8,11,14,17,20-23H2,1-4H3;6-7,9-10,12-13,22H,4-5,8,11,14-21H2,1-3H3;6-7,9-10,12-13,15-16,19H,4-5,8,11,14,17-18H2,1-3H3;1H4/b9-8-,12-11-,15-14-,18-17-,21-20-,24-23-;9-8-,12-11-,15-14-,18-17-,21-20-;7-6-,10-9-,13-12-,16-15-,19-18-;7-6-,10-9-,13-12-;7-6-,10-9-,13-12-,16-15-;. The number of unbranched alkanes of at least 4 members (excludes halogenated alkanes) is 11. The van der Waals surface area contributed by atoms with Crippen LogP contribution in [0.1, 0.15) is 421 Å². The van der Waals surface area contributed by atoms with Gasteiger partial charge in [0.15, 0.2) is 11.6 Å². The Morgan fingerprint density at radius 3 is 0.620 bits per heavy atom. The zero-order valence-electron chi connectivity index (χ0n) is 86.4. The fraction of sp³-hybridized carbons (Fsp3) is 0.607. The average Bonchev–Trinajstić information content (AvgIpc) is 0.869. The Morgan fingerprint density at radius 1 is 0.217 bits per heavy atom. The van der Waals surface area contributed by atoms with Crippen LogP contribution in [-0.4, -0.2) is 73.6 Å². The van der Waals surface area contributed by atoms with Gasteiger partial charge in [0.1, 0.15) is 11.2 Å². The Labute approximate surface area is 802 Å². The molecule has 0 radical (unpaired) electrons. The third kappa shape index (κ3) is 112. The van der Waals surface area contributed by atoms with Crippen molar-refractivity contribution in [1.29, 1.82) is 0 Å². The molecule has 2 atom stereocenters. The van der Waals surface area contributed by atoms with Gasteiger partial charge in [0.2, 0.25) is 0 Å². The zero-order valence-corrected chi connectivity index (χ0v) is 86.4. The monoisotopic (exact) mass is 1780 g/mol. The van der Waals surface area contributed by atoms with E-state index >= 15 is 0 Å². The third-order valence-corrected chi connectivity index (χ3v) is 20.8. The lowest BCUT2D eigenvalue weighted by atomic mass is 9.93. The lowest BCUT2D eigenvalue weighted by Crippen LogP contribution is -2.39. The first-order chi connectivity index (χ1) is 62.4. The molecule has 0 aromatic heterocycles. The first-order valence-corrected chi connectivity index (χ1v) is 51.5. The van der Waals surface area contributed by atoms with E-state index in [4.69, 9.17) is 23.7 Å². The van der Waals surface area contributed by atoms with Crippen LogP contribution in [0.15, 0.2) is 279 Å². The minimum Gasteiger partial charge on any atom is -0.379 e. The summed E-state index contributed by atoms with van der Waals surface area (Å²) in [6.45, 7) is 41.1. The lowest BCUT2D eigenvalue weighted by Gasteiger charge is -2.29. The van der Waals surface area contributed by atoms with Crippen LogP contribution in [-0.2, 0) is 33.3 Å². The van der Waals surface area contributed by atoms with Crippen LogP contribution < -0.4 is 0 Å². The molecule has 0 fully saturated rings. The van der Waals surface area contributed by atoms with Crippen molar-refractivity contribution in [2.75, 3.05) is 33.0 Å². The van der Waals surface area contributed by atoms with Gasteiger partial charge in [0.05, 0.1) is 24.4 Å². The predicted molar refractivity (Wildman–Crippen MR) is 582 cm³/mol. The van der Waals surface area contributed by atoms with Gasteiger partial charge in [-0.1, -0.05) is 389 Å². The normalized spacial score (nSPS) is 13.5. The highest BCUT2D eigenvalue weighted by Gasteiger charge is 2.33. The fourth-order valence-corrected chi connectivity index (χ4v) is 12.2. The van der Waals surface area contributed by atoms with Crippen molar-refractivity contribution in [2.45, 2.75) is 450 Å². The highest BCUT2D eigenvalue weighted by molar-refractivity contribution is 5.85. The van der Waals surface area contributed by atoms with Crippen molar-refractivity contribution in [3.8, 4) is 0 Å². The first-order valence-electron chi connectivity index (χ1n) is 51.5. The molecule has 0 aromatic carbocycles. The summed E-state index contributed by atoms with van der Waals surface area (Å²) in [6, 6.07) is 0. The van der Waals surface area contributed by atoms with Gasteiger partial charge < -0.3 is 23.7 Å². The molecular formula is C122H206O7. The van der Waals surface area contributed by atoms with Crippen molar-refractivity contribution in [1.82, 2.24) is 0 Å². The van der Waals surface area contributed by atoms with Gasteiger partial charge >= 0.3 is 0 Å². The number of ether oxygens (including phenoxy) is 5. The van der Waals surface area contributed by atoms with Crippen LogP contribution in [0, 0.1) is 0 Å². The van der Waals surface area contributed by atoms with E-state index in [1.807, 2.05) is 27.7 Å². The first kappa shape index (κ1) is 133. The van der Waals surface area contributed by atoms with E-state index in [0.29, 0.717) is 25.4 Å². The molecule has 0 N–H and O–H groups in total. The van der Waals surface area contributed by atoms with Crippen molar-refractivity contribution >= 4 is 11.6 Å². The Hall–Kier alpha value is -6.84. The smallest absolute Gasteiger partial charge is 0.161 e.